The third-order valence-electron chi connectivity index (χ3n) is 4.15. The van der Waals surface area contributed by atoms with E-state index < -0.39 is 0 Å². The molecule has 1 N–H and O–H groups in total. The van der Waals surface area contributed by atoms with Crippen molar-refractivity contribution < 1.29 is 4.79 Å². The van der Waals surface area contributed by atoms with E-state index in [1.54, 1.807) is 6.92 Å². The lowest BCUT2D eigenvalue weighted by atomic mass is 9.74. The lowest BCUT2D eigenvalue weighted by Gasteiger charge is -2.35. The summed E-state index contributed by atoms with van der Waals surface area (Å²) in [6.45, 7) is 3.78. The fraction of sp³-hybridized carbons (Fsp3) is 0.278. The van der Waals surface area contributed by atoms with Crippen molar-refractivity contribution in [2.45, 2.75) is 32.2 Å². The van der Waals surface area contributed by atoms with Crippen molar-refractivity contribution >= 4 is 5.91 Å². The van der Waals surface area contributed by atoms with Gasteiger partial charge in [0, 0.05) is 12.8 Å². The van der Waals surface area contributed by atoms with Crippen molar-refractivity contribution in [3.05, 3.63) is 59.7 Å². The minimum atomic E-state index is 0.0302. The zero-order valence-electron chi connectivity index (χ0n) is 11.9. The number of carbonyl (C=O) groups excluding carboxylic acids is 1. The van der Waals surface area contributed by atoms with Gasteiger partial charge in [-0.2, -0.15) is 0 Å². The minimum Gasteiger partial charge on any atom is -0.349 e. The highest BCUT2D eigenvalue weighted by molar-refractivity contribution is 5.78. The highest BCUT2D eigenvalue weighted by Gasteiger charge is 2.32. The number of rotatable bonds is 2. The van der Waals surface area contributed by atoms with E-state index in [-0.39, 0.29) is 11.9 Å². The molecule has 1 aliphatic rings. The smallest absolute Gasteiger partial charge is 0.217 e. The summed E-state index contributed by atoms with van der Waals surface area (Å²) in [5, 5.41) is 3.14. The second-order valence-corrected chi connectivity index (χ2v) is 5.37. The molecule has 2 aromatic rings. The van der Waals surface area contributed by atoms with E-state index in [1.807, 2.05) is 6.07 Å². The van der Waals surface area contributed by atoms with E-state index in [0.717, 1.165) is 6.42 Å². The molecule has 102 valence electrons. The van der Waals surface area contributed by atoms with Crippen molar-refractivity contribution in [3.8, 4) is 11.1 Å². The number of hydrogen-bond donors (Lipinski definition) is 1. The van der Waals surface area contributed by atoms with Crippen molar-refractivity contribution in [1.29, 1.82) is 0 Å². The van der Waals surface area contributed by atoms with E-state index in [2.05, 4.69) is 54.7 Å². The molecule has 0 aliphatic heterocycles. The zero-order chi connectivity index (χ0) is 14.1. The van der Waals surface area contributed by atoms with Gasteiger partial charge in [-0.15, -0.1) is 0 Å². The summed E-state index contributed by atoms with van der Waals surface area (Å²) in [5.74, 6) is 0.368. The topological polar surface area (TPSA) is 29.1 Å². The first-order valence-electron chi connectivity index (χ1n) is 7.17. The van der Waals surface area contributed by atoms with Gasteiger partial charge in [-0.3, -0.25) is 4.79 Å². The summed E-state index contributed by atoms with van der Waals surface area (Å²) in [6.07, 6.45) is 1.01. The van der Waals surface area contributed by atoms with Crippen LogP contribution < -0.4 is 5.32 Å². The Kier molecular flexibility index (Phi) is 3.31. The molecule has 0 unspecified atom stereocenters. The summed E-state index contributed by atoms with van der Waals surface area (Å²) >= 11 is 0. The van der Waals surface area contributed by atoms with Crippen LogP contribution in [0, 0.1) is 0 Å². The third-order valence-corrected chi connectivity index (χ3v) is 4.15. The average Bonchev–Trinajstić information content (AvgIpc) is 2.47. The number of fused-ring (bicyclic) bond motifs is 3. The molecule has 0 bridgehead atoms. The molecule has 2 nitrogen and oxygen atoms in total. The monoisotopic (exact) mass is 265 g/mol. The van der Waals surface area contributed by atoms with Crippen LogP contribution in [0.3, 0.4) is 0 Å². The first kappa shape index (κ1) is 12.9. The van der Waals surface area contributed by atoms with E-state index in [0.29, 0.717) is 5.92 Å². The van der Waals surface area contributed by atoms with Gasteiger partial charge in [0.25, 0.3) is 0 Å². The Hall–Kier alpha value is -2.09. The van der Waals surface area contributed by atoms with Crippen LogP contribution in [-0.2, 0) is 4.79 Å². The molecular weight excluding hydrogens is 246 g/mol. The Morgan fingerprint density at radius 2 is 1.55 bits per heavy atom. The highest BCUT2D eigenvalue weighted by Crippen LogP contribution is 2.46. The van der Waals surface area contributed by atoms with E-state index in [9.17, 15) is 4.79 Å². The van der Waals surface area contributed by atoms with Crippen LogP contribution in [0.1, 0.15) is 43.4 Å². The van der Waals surface area contributed by atoms with Gasteiger partial charge in [0.15, 0.2) is 0 Å². The van der Waals surface area contributed by atoms with Gasteiger partial charge in [0.2, 0.25) is 5.91 Å². The maximum atomic E-state index is 11.6. The Labute approximate surface area is 119 Å². The highest BCUT2D eigenvalue weighted by atomic mass is 16.1. The Morgan fingerprint density at radius 1 is 1.00 bits per heavy atom. The summed E-state index contributed by atoms with van der Waals surface area (Å²) in [7, 11) is 0. The molecule has 0 fully saturated rings. The molecule has 3 rings (SSSR count). The third kappa shape index (κ3) is 2.01. The first-order valence-corrected chi connectivity index (χ1v) is 7.17. The van der Waals surface area contributed by atoms with Crippen molar-refractivity contribution in [2.75, 3.05) is 0 Å². The van der Waals surface area contributed by atoms with Gasteiger partial charge >= 0.3 is 0 Å². The van der Waals surface area contributed by atoms with Crippen LogP contribution in [0.25, 0.3) is 11.1 Å². The second-order valence-electron chi connectivity index (χ2n) is 5.37. The van der Waals surface area contributed by atoms with Crippen LogP contribution in [0.15, 0.2) is 48.5 Å². The standard InChI is InChI=1S/C18H19NO/c1-3-13-14-8-4-5-9-15(14)16-10-6-7-11-17(16)18(13)19-12(2)20/h4-11,13,18H,3H2,1-2H3,(H,19,20)/t13-,18-/m1/s1. The molecule has 2 aromatic carbocycles. The lowest BCUT2D eigenvalue weighted by molar-refractivity contribution is -0.119. The Balaban J connectivity index is 2.21. The normalized spacial score (nSPS) is 19.9. The lowest BCUT2D eigenvalue weighted by Crippen LogP contribution is -2.33. The van der Waals surface area contributed by atoms with Gasteiger partial charge in [-0.05, 0) is 28.7 Å². The zero-order valence-corrected chi connectivity index (χ0v) is 11.9. The maximum Gasteiger partial charge on any atom is 0.217 e. The fourth-order valence-corrected chi connectivity index (χ4v) is 3.33. The van der Waals surface area contributed by atoms with Crippen molar-refractivity contribution in [2.24, 2.45) is 0 Å². The molecule has 20 heavy (non-hydrogen) atoms. The van der Waals surface area contributed by atoms with Crippen LogP contribution in [0.4, 0.5) is 0 Å². The van der Waals surface area contributed by atoms with Gasteiger partial charge in [0.05, 0.1) is 6.04 Å². The Morgan fingerprint density at radius 3 is 2.15 bits per heavy atom. The average molecular weight is 265 g/mol. The quantitative estimate of drug-likeness (QED) is 0.872. The summed E-state index contributed by atoms with van der Waals surface area (Å²) in [4.78, 5) is 11.6. The summed E-state index contributed by atoms with van der Waals surface area (Å²) in [5.41, 5.74) is 5.11. The van der Waals surface area contributed by atoms with Crippen LogP contribution in [0.5, 0.6) is 0 Å². The fourth-order valence-electron chi connectivity index (χ4n) is 3.33. The predicted octanol–water partition coefficient (Wildman–Crippen LogP) is 4.04. The predicted molar refractivity (Wildman–Crippen MR) is 81.5 cm³/mol. The first-order chi connectivity index (χ1) is 9.72. The molecule has 1 aliphatic carbocycles. The molecule has 0 spiro atoms. The number of benzene rings is 2. The molecule has 1 amide bonds. The molecule has 0 saturated carbocycles. The number of nitrogens with one attached hydrogen (secondary N) is 1. The molecule has 2 atom stereocenters. The molecule has 2 heteroatoms. The minimum absolute atomic E-state index is 0.0302. The van der Waals surface area contributed by atoms with E-state index in [1.165, 1.54) is 22.3 Å². The van der Waals surface area contributed by atoms with E-state index >= 15 is 0 Å². The SMILES string of the molecule is CC[C@@H]1c2ccccc2-c2ccccc2[C@@H]1NC(C)=O. The van der Waals surface area contributed by atoms with Crippen molar-refractivity contribution in [3.63, 3.8) is 0 Å². The maximum absolute atomic E-state index is 11.6. The summed E-state index contributed by atoms with van der Waals surface area (Å²) < 4.78 is 0. The molecule has 0 aromatic heterocycles. The number of amides is 1. The van der Waals surface area contributed by atoms with Crippen LogP contribution >= 0.6 is 0 Å². The number of hydrogen-bond acceptors (Lipinski definition) is 1. The van der Waals surface area contributed by atoms with Gasteiger partial charge < -0.3 is 5.32 Å². The summed E-state index contributed by atoms with van der Waals surface area (Å²) in [6, 6.07) is 17.0. The molecule has 0 saturated heterocycles. The Bertz CT molecular complexity index is 647. The molecule has 0 radical (unpaired) electrons. The van der Waals surface area contributed by atoms with Gasteiger partial charge in [-0.25, -0.2) is 0 Å². The van der Waals surface area contributed by atoms with E-state index in [4.69, 9.17) is 0 Å². The van der Waals surface area contributed by atoms with Crippen LogP contribution in [-0.4, -0.2) is 5.91 Å². The van der Waals surface area contributed by atoms with Crippen molar-refractivity contribution in [1.82, 2.24) is 5.32 Å². The number of carbonyl (C=O) groups is 1. The second kappa shape index (κ2) is 5.12. The van der Waals surface area contributed by atoms with Gasteiger partial charge in [-0.1, -0.05) is 55.5 Å². The largest absolute Gasteiger partial charge is 0.349 e. The molecular formula is C18H19NO. The van der Waals surface area contributed by atoms with Crippen LogP contribution in [0.2, 0.25) is 0 Å². The van der Waals surface area contributed by atoms with Gasteiger partial charge in [0.1, 0.15) is 0 Å². The molecule has 0 heterocycles.